The van der Waals surface area contributed by atoms with Crippen molar-refractivity contribution in [3.8, 4) is 0 Å². The maximum atomic E-state index is 10.9. The Morgan fingerprint density at radius 3 is 2.62 bits per heavy atom. The SMILES string of the molecule is CCc1nc(CN(CCC(=O)O)c2ccc(C)cc2)cs1. The van der Waals surface area contributed by atoms with Crippen molar-refractivity contribution in [3.63, 3.8) is 0 Å². The summed E-state index contributed by atoms with van der Waals surface area (Å²) in [4.78, 5) is 17.5. The fourth-order valence-corrected chi connectivity index (χ4v) is 2.80. The molecule has 4 nitrogen and oxygen atoms in total. The molecule has 0 saturated carbocycles. The second-order valence-corrected chi connectivity index (χ2v) is 5.93. The lowest BCUT2D eigenvalue weighted by Crippen LogP contribution is -2.25. The number of benzene rings is 1. The molecule has 2 aromatic rings. The van der Waals surface area contributed by atoms with E-state index in [9.17, 15) is 4.79 Å². The van der Waals surface area contributed by atoms with Gasteiger partial charge < -0.3 is 10.0 Å². The highest BCUT2D eigenvalue weighted by Gasteiger charge is 2.11. The van der Waals surface area contributed by atoms with Crippen LogP contribution in [0.3, 0.4) is 0 Å². The van der Waals surface area contributed by atoms with Crippen LogP contribution in [0.2, 0.25) is 0 Å². The summed E-state index contributed by atoms with van der Waals surface area (Å²) in [6.07, 6.45) is 1.06. The van der Waals surface area contributed by atoms with Crippen LogP contribution in [0.4, 0.5) is 5.69 Å². The molecule has 0 unspecified atom stereocenters. The quantitative estimate of drug-likeness (QED) is 0.850. The molecule has 0 radical (unpaired) electrons. The van der Waals surface area contributed by atoms with Gasteiger partial charge in [-0.15, -0.1) is 11.3 Å². The third-order valence-electron chi connectivity index (χ3n) is 3.25. The third-order valence-corrected chi connectivity index (χ3v) is 4.29. The van der Waals surface area contributed by atoms with Gasteiger partial charge in [-0.1, -0.05) is 24.6 Å². The monoisotopic (exact) mass is 304 g/mol. The Bertz CT molecular complexity index is 593. The fourth-order valence-electron chi connectivity index (χ4n) is 2.07. The van der Waals surface area contributed by atoms with Gasteiger partial charge in [0.2, 0.25) is 0 Å². The number of carboxylic acid groups (broad SMARTS) is 1. The van der Waals surface area contributed by atoms with Crippen LogP contribution in [0, 0.1) is 6.92 Å². The Morgan fingerprint density at radius 1 is 1.33 bits per heavy atom. The van der Waals surface area contributed by atoms with Gasteiger partial charge in [0.25, 0.3) is 0 Å². The van der Waals surface area contributed by atoms with Crippen molar-refractivity contribution in [2.24, 2.45) is 0 Å². The smallest absolute Gasteiger partial charge is 0.305 e. The molecule has 0 atom stereocenters. The first-order chi connectivity index (χ1) is 10.1. The van der Waals surface area contributed by atoms with Crippen molar-refractivity contribution >= 4 is 23.0 Å². The van der Waals surface area contributed by atoms with Crippen LogP contribution < -0.4 is 4.90 Å². The highest BCUT2D eigenvalue weighted by atomic mass is 32.1. The Labute approximate surface area is 129 Å². The molecule has 0 fully saturated rings. The molecule has 0 aliphatic heterocycles. The Hall–Kier alpha value is -1.88. The third kappa shape index (κ3) is 4.56. The minimum atomic E-state index is -0.778. The minimum Gasteiger partial charge on any atom is -0.481 e. The highest BCUT2D eigenvalue weighted by Crippen LogP contribution is 2.20. The number of carbonyl (C=O) groups is 1. The van der Waals surface area contributed by atoms with Gasteiger partial charge in [0.1, 0.15) is 0 Å². The van der Waals surface area contributed by atoms with E-state index in [-0.39, 0.29) is 6.42 Å². The summed E-state index contributed by atoms with van der Waals surface area (Å²) in [6.45, 7) is 5.26. The summed E-state index contributed by atoms with van der Waals surface area (Å²) in [7, 11) is 0. The molecule has 1 N–H and O–H groups in total. The second kappa shape index (κ2) is 7.22. The zero-order chi connectivity index (χ0) is 15.2. The average molecular weight is 304 g/mol. The first-order valence-corrected chi connectivity index (χ1v) is 7.93. The molecule has 1 aromatic carbocycles. The van der Waals surface area contributed by atoms with Crippen LogP contribution in [0.15, 0.2) is 29.6 Å². The summed E-state index contributed by atoms with van der Waals surface area (Å²) in [5, 5.41) is 12.1. The van der Waals surface area contributed by atoms with E-state index in [2.05, 4.69) is 22.2 Å². The summed E-state index contributed by atoms with van der Waals surface area (Å²) >= 11 is 1.66. The number of thiazole rings is 1. The van der Waals surface area contributed by atoms with Gasteiger partial charge in [0.15, 0.2) is 0 Å². The van der Waals surface area contributed by atoms with Gasteiger partial charge >= 0.3 is 5.97 Å². The molecule has 0 saturated heterocycles. The lowest BCUT2D eigenvalue weighted by molar-refractivity contribution is -0.136. The predicted octanol–water partition coefficient (Wildman–Crippen LogP) is 3.50. The van der Waals surface area contributed by atoms with E-state index in [1.807, 2.05) is 31.2 Å². The first kappa shape index (κ1) is 15.5. The second-order valence-electron chi connectivity index (χ2n) is 4.99. The van der Waals surface area contributed by atoms with Crippen molar-refractivity contribution in [3.05, 3.63) is 45.9 Å². The molecule has 0 spiro atoms. The fraction of sp³-hybridized carbons (Fsp3) is 0.375. The molecule has 21 heavy (non-hydrogen) atoms. The molecule has 0 bridgehead atoms. The number of hydrogen-bond donors (Lipinski definition) is 1. The number of anilines is 1. The highest BCUT2D eigenvalue weighted by molar-refractivity contribution is 7.09. The number of aromatic nitrogens is 1. The molecular weight excluding hydrogens is 284 g/mol. The summed E-state index contributed by atoms with van der Waals surface area (Å²) < 4.78 is 0. The molecule has 1 heterocycles. The van der Waals surface area contributed by atoms with Crippen LogP contribution >= 0.6 is 11.3 Å². The molecule has 112 valence electrons. The number of rotatable bonds is 7. The lowest BCUT2D eigenvalue weighted by Gasteiger charge is -2.23. The number of aliphatic carboxylic acids is 1. The normalized spacial score (nSPS) is 10.6. The number of carboxylic acids is 1. The van der Waals surface area contributed by atoms with Crippen molar-refractivity contribution in [2.45, 2.75) is 33.2 Å². The topological polar surface area (TPSA) is 53.4 Å². The van der Waals surface area contributed by atoms with Gasteiger partial charge in [-0.2, -0.15) is 0 Å². The van der Waals surface area contributed by atoms with Gasteiger partial charge in [-0.25, -0.2) is 4.98 Å². The van der Waals surface area contributed by atoms with Crippen LogP contribution in [-0.2, 0) is 17.8 Å². The lowest BCUT2D eigenvalue weighted by atomic mass is 10.2. The molecule has 2 rings (SSSR count). The molecule has 5 heteroatoms. The zero-order valence-electron chi connectivity index (χ0n) is 12.4. The largest absolute Gasteiger partial charge is 0.481 e. The van der Waals surface area contributed by atoms with Crippen molar-refractivity contribution in [2.75, 3.05) is 11.4 Å². The van der Waals surface area contributed by atoms with Crippen molar-refractivity contribution in [1.82, 2.24) is 4.98 Å². The number of aryl methyl sites for hydroxylation is 2. The maximum Gasteiger partial charge on any atom is 0.305 e. The van der Waals surface area contributed by atoms with Crippen LogP contribution in [0.5, 0.6) is 0 Å². The van der Waals surface area contributed by atoms with Crippen LogP contribution in [0.1, 0.15) is 29.6 Å². The van der Waals surface area contributed by atoms with E-state index in [4.69, 9.17) is 5.11 Å². The van der Waals surface area contributed by atoms with E-state index in [1.54, 1.807) is 11.3 Å². The predicted molar refractivity (Wildman–Crippen MR) is 86.0 cm³/mol. The molecule has 0 aliphatic carbocycles. The Morgan fingerprint density at radius 2 is 2.05 bits per heavy atom. The molecule has 0 amide bonds. The van der Waals surface area contributed by atoms with E-state index in [1.165, 1.54) is 5.56 Å². The van der Waals surface area contributed by atoms with Gasteiger partial charge in [0, 0.05) is 17.6 Å². The van der Waals surface area contributed by atoms with E-state index >= 15 is 0 Å². The van der Waals surface area contributed by atoms with Gasteiger partial charge in [-0.3, -0.25) is 4.79 Å². The first-order valence-electron chi connectivity index (χ1n) is 7.05. The summed E-state index contributed by atoms with van der Waals surface area (Å²) in [6, 6.07) is 8.15. The van der Waals surface area contributed by atoms with E-state index < -0.39 is 5.97 Å². The summed E-state index contributed by atoms with van der Waals surface area (Å²) in [5.74, 6) is -0.778. The van der Waals surface area contributed by atoms with Gasteiger partial charge in [0.05, 0.1) is 23.7 Å². The minimum absolute atomic E-state index is 0.124. The standard InChI is InChI=1S/C16H20N2O2S/c1-3-15-17-13(11-21-15)10-18(9-8-16(19)20)14-6-4-12(2)5-7-14/h4-7,11H,3,8-10H2,1-2H3,(H,19,20). The van der Waals surface area contributed by atoms with Gasteiger partial charge in [-0.05, 0) is 25.5 Å². The van der Waals surface area contributed by atoms with Crippen LogP contribution in [0.25, 0.3) is 0 Å². The zero-order valence-corrected chi connectivity index (χ0v) is 13.2. The van der Waals surface area contributed by atoms with E-state index in [0.29, 0.717) is 13.1 Å². The van der Waals surface area contributed by atoms with E-state index in [0.717, 1.165) is 22.8 Å². The number of nitrogens with zero attached hydrogens (tertiary/aromatic N) is 2. The molecular formula is C16H20N2O2S. The Kier molecular flexibility index (Phi) is 5.33. The van der Waals surface area contributed by atoms with Crippen molar-refractivity contribution in [1.29, 1.82) is 0 Å². The van der Waals surface area contributed by atoms with Crippen LogP contribution in [-0.4, -0.2) is 22.6 Å². The summed E-state index contributed by atoms with van der Waals surface area (Å²) in [5.41, 5.74) is 3.23. The molecule has 1 aromatic heterocycles. The molecule has 0 aliphatic rings. The number of hydrogen-bond acceptors (Lipinski definition) is 4. The Balaban J connectivity index is 2.14. The van der Waals surface area contributed by atoms with Crippen molar-refractivity contribution < 1.29 is 9.90 Å². The average Bonchev–Trinajstić information content (AvgIpc) is 2.92. The maximum absolute atomic E-state index is 10.9.